The van der Waals surface area contributed by atoms with E-state index in [-0.39, 0.29) is 24.2 Å². The zero-order valence-corrected chi connectivity index (χ0v) is 15.6. The topological polar surface area (TPSA) is 88.3 Å². The molecule has 3 rings (SSSR count). The molecule has 1 aliphatic rings. The maximum absolute atomic E-state index is 12.6. The minimum atomic E-state index is -0.678. The van der Waals surface area contributed by atoms with E-state index in [9.17, 15) is 9.59 Å². The van der Waals surface area contributed by atoms with E-state index in [1.807, 2.05) is 24.3 Å². The van der Waals surface area contributed by atoms with Crippen molar-refractivity contribution >= 4 is 41.4 Å². The smallest absolute Gasteiger partial charge is 0.239 e. The number of aromatic nitrogens is 1. The van der Waals surface area contributed by atoms with Gasteiger partial charge < -0.3 is 16.0 Å². The molecule has 1 atom stereocenters. The first-order chi connectivity index (χ1) is 12.0. The highest BCUT2D eigenvalue weighted by molar-refractivity contribution is 6.13. The van der Waals surface area contributed by atoms with E-state index < -0.39 is 5.92 Å². The number of nitrogens with two attached hydrogens (primary N) is 1. The summed E-state index contributed by atoms with van der Waals surface area (Å²) in [6, 6.07) is 11.2. The van der Waals surface area contributed by atoms with Crippen LogP contribution in [0.4, 0.5) is 17.2 Å². The Kier molecular flexibility index (Phi) is 6.21. The van der Waals surface area contributed by atoms with Crippen LogP contribution >= 0.6 is 12.4 Å². The van der Waals surface area contributed by atoms with Crippen LogP contribution in [-0.2, 0) is 9.59 Å². The van der Waals surface area contributed by atoms with Crippen molar-refractivity contribution in [3.05, 3.63) is 48.2 Å². The summed E-state index contributed by atoms with van der Waals surface area (Å²) in [4.78, 5) is 30.7. The van der Waals surface area contributed by atoms with Gasteiger partial charge in [-0.3, -0.25) is 9.59 Å². The normalized spacial score (nSPS) is 16.5. The standard InChI is InChI=1S/C19H22N4O2.ClH/c1-12(2)13-3-6-15(7-4-13)23-10-9-16(19(23)25)18(24)22-14-5-8-17(20)21-11-14;/h3-8,11-12,16H,9-10H2,1-2H3,(H2,20,21)(H,22,24);1H. The number of benzene rings is 1. The quantitative estimate of drug-likeness (QED) is 0.804. The Morgan fingerprint density at radius 1 is 1.23 bits per heavy atom. The molecule has 2 aromatic rings. The number of nitrogens with one attached hydrogen (secondary N) is 1. The van der Waals surface area contributed by atoms with Gasteiger partial charge in [0.25, 0.3) is 0 Å². The first-order valence-electron chi connectivity index (χ1n) is 8.39. The van der Waals surface area contributed by atoms with Crippen molar-refractivity contribution in [2.24, 2.45) is 5.92 Å². The van der Waals surface area contributed by atoms with E-state index in [4.69, 9.17) is 5.73 Å². The number of carbonyl (C=O) groups excluding carboxylic acids is 2. The van der Waals surface area contributed by atoms with Crippen molar-refractivity contribution in [2.75, 3.05) is 22.5 Å². The molecule has 6 nitrogen and oxygen atoms in total. The Bertz CT molecular complexity index is 775. The molecule has 2 heterocycles. The molecule has 0 aliphatic carbocycles. The third-order valence-electron chi connectivity index (χ3n) is 4.45. The monoisotopic (exact) mass is 374 g/mol. The molecule has 1 unspecified atom stereocenters. The molecule has 2 amide bonds. The SMILES string of the molecule is CC(C)c1ccc(N2CCC(C(=O)Nc3ccc(N)nc3)C2=O)cc1.Cl. The second kappa shape index (κ2) is 8.19. The lowest BCUT2D eigenvalue weighted by molar-refractivity contribution is -0.129. The van der Waals surface area contributed by atoms with Crippen molar-refractivity contribution in [3.8, 4) is 0 Å². The predicted molar refractivity (Wildman–Crippen MR) is 106 cm³/mol. The van der Waals surface area contributed by atoms with Gasteiger partial charge >= 0.3 is 0 Å². The van der Waals surface area contributed by atoms with Crippen LogP contribution in [0.15, 0.2) is 42.6 Å². The van der Waals surface area contributed by atoms with Crippen LogP contribution in [0.3, 0.4) is 0 Å². The van der Waals surface area contributed by atoms with Gasteiger partial charge in [0, 0.05) is 12.2 Å². The van der Waals surface area contributed by atoms with Crippen molar-refractivity contribution in [3.63, 3.8) is 0 Å². The lowest BCUT2D eigenvalue weighted by Gasteiger charge is -2.18. The lowest BCUT2D eigenvalue weighted by Crippen LogP contribution is -2.33. The number of hydrogen-bond donors (Lipinski definition) is 2. The first-order valence-corrected chi connectivity index (χ1v) is 8.39. The summed E-state index contributed by atoms with van der Waals surface area (Å²) in [7, 11) is 0. The molecule has 1 aromatic heterocycles. The van der Waals surface area contributed by atoms with Gasteiger partial charge in [-0.2, -0.15) is 0 Å². The number of nitrogens with zero attached hydrogens (tertiary/aromatic N) is 2. The van der Waals surface area contributed by atoms with Crippen LogP contribution in [0.5, 0.6) is 0 Å². The van der Waals surface area contributed by atoms with Crippen LogP contribution in [0.2, 0.25) is 0 Å². The summed E-state index contributed by atoms with van der Waals surface area (Å²) >= 11 is 0. The predicted octanol–water partition coefficient (Wildman–Crippen LogP) is 3.20. The number of halogens is 1. The largest absolute Gasteiger partial charge is 0.384 e. The van der Waals surface area contributed by atoms with E-state index in [1.165, 1.54) is 11.8 Å². The fourth-order valence-electron chi connectivity index (χ4n) is 2.93. The number of pyridine rings is 1. The Morgan fingerprint density at radius 2 is 1.92 bits per heavy atom. The van der Waals surface area contributed by atoms with Crippen LogP contribution in [-0.4, -0.2) is 23.3 Å². The summed E-state index contributed by atoms with van der Waals surface area (Å²) in [6.07, 6.45) is 1.98. The van der Waals surface area contributed by atoms with Gasteiger partial charge in [-0.05, 0) is 42.2 Å². The lowest BCUT2D eigenvalue weighted by atomic mass is 10.0. The van der Waals surface area contributed by atoms with Crippen molar-refractivity contribution in [1.29, 1.82) is 0 Å². The fraction of sp³-hybridized carbons (Fsp3) is 0.316. The minimum Gasteiger partial charge on any atom is -0.384 e. The molecule has 0 bridgehead atoms. The zero-order valence-electron chi connectivity index (χ0n) is 14.8. The molecule has 138 valence electrons. The number of nitrogen functional groups attached to an aromatic ring is 1. The van der Waals surface area contributed by atoms with E-state index >= 15 is 0 Å². The van der Waals surface area contributed by atoms with Crippen molar-refractivity contribution < 1.29 is 9.59 Å². The average molecular weight is 375 g/mol. The summed E-state index contributed by atoms with van der Waals surface area (Å²) in [6.45, 7) is 4.79. The molecular weight excluding hydrogens is 352 g/mol. The Hall–Kier alpha value is -2.60. The van der Waals surface area contributed by atoms with Crippen LogP contribution in [0.25, 0.3) is 0 Å². The number of carbonyl (C=O) groups is 2. The van der Waals surface area contributed by atoms with Crippen LogP contribution in [0.1, 0.15) is 31.7 Å². The highest BCUT2D eigenvalue weighted by atomic mass is 35.5. The summed E-state index contributed by atoms with van der Waals surface area (Å²) in [5, 5.41) is 2.73. The van der Waals surface area contributed by atoms with Crippen molar-refractivity contribution in [1.82, 2.24) is 4.98 Å². The number of hydrogen-bond acceptors (Lipinski definition) is 4. The summed E-state index contributed by atoms with van der Waals surface area (Å²) < 4.78 is 0. The van der Waals surface area contributed by atoms with E-state index in [2.05, 4.69) is 24.1 Å². The first kappa shape index (κ1) is 19.7. The van der Waals surface area contributed by atoms with E-state index in [1.54, 1.807) is 17.0 Å². The third kappa shape index (κ3) is 4.14. The third-order valence-corrected chi connectivity index (χ3v) is 4.45. The van der Waals surface area contributed by atoms with Gasteiger partial charge in [-0.1, -0.05) is 26.0 Å². The molecular formula is C19H23ClN4O2. The molecule has 1 aliphatic heterocycles. The molecule has 1 saturated heterocycles. The Labute approximate surface area is 159 Å². The van der Waals surface area contributed by atoms with Gasteiger partial charge in [0.2, 0.25) is 11.8 Å². The van der Waals surface area contributed by atoms with Gasteiger partial charge in [-0.15, -0.1) is 12.4 Å². The summed E-state index contributed by atoms with van der Waals surface area (Å²) in [5.41, 5.74) is 8.12. The molecule has 0 radical (unpaired) electrons. The second-order valence-electron chi connectivity index (χ2n) is 6.54. The number of amides is 2. The van der Waals surface area contributed by atoms with Crippen molar-refractivity contribution in [2.45, 2.75) is 26.2 Å². The maximum atomic E-state index is 12.6. The average Bonchev–Trinajstić information content (AvgIpc) is 2.98. The van der Waals surface area contributed by atoms with Gasteiger partial charge in [0.1, 0.15) is 11.7 Å². The summed E-state index contributed by atoms with van der Waals surface area (Å²) in [5.74, 6) is -0.334. The van der Waals surface area contributed by atoms with Crippen LogP contribution in [0, 0.1) is 5.92 Å². The maximum Gasteiger partial charge on any atom is 0.239 e. The molecule has 1 fully saturated rings. The number of rotatable bonds is 4. The Morgan fingerprint density at radius 3 is 2.50 bits per heavy atom. The number of anilines is 3. The van der Waals surface area contributed by atoms with E-state index in [0.29, 0.717) is 30.4 Å². The molecule has 0 saturated carbocycles. The van der Waals surface area contributed by atoms with E-state index in [0.717, 1.165) is 5.69 Å². The molecule has 26 heavy (non-hydrogen) atoms. The van der Waals surface area contributed by atoms with Gasteiger partial charge in [-0.25, -0.2) is 4.98 Å². The van der Waals surface area contributed by atoms with Crippen LogP contribution < -0.4 is 16.0 Å². The molecule has 7 heteroatoms. The van der Waals surface area contributed by atoms with Gasteiger partial charge in [0.15, 0.2) is 0 Å². The molecule has 3 N–H and O–H groups in total. The zero-order chi connectivity index (χ0) is 18.0. The van der Waals surface area contributed by atoms with Gasteiger partial charge in [0.05, 0.1) is 11.9 Å². The second-order valence-corrected chi connectivity index (χ2v) is 6.54. The Balaban J connectivity index is 0.00000243. The highest BCUT2D eigenvalue weighted by Gasteiger charge is 2.37. The molecule has 0 spiro atoms. The fourth-order valence-corrected chi connectivity index (χ4v) is 2.93. The minimum absolute atomic E-state index is 0. The highest BCUT2D eigenvalue weighted by Crippen LogP contribution is 2.27. The molecule has 1 aromatic carbocycles.